The summed E-state index contributed by atoms with van der Waals surface area (Å²) in [7, 11) is 0. The zero-order chi connectivity index (χ0) is 30.9. The molecule has 1 aromatic carbocycles. The van der Waals surface area contributed by atoms with Crippen LogP contribution < -0.4 is 15.4 Å². The minimum Gasteiger partial charge on any atom is -0.478 e. The molecule has 0 saturated heterocycles. The molecule has 42 heavy (non-hydrogen) atoms. The molecule has 0 aliphatic carbocycles. The van der Waals surface area contributed by atoms with E-state index in [1.807, 2.05) is 12.2 Å². The van der Waals surface area contributed by atoms with E-state index in [2.05, 4.69) is 78.3 Å². The molecule has 1 rings (SSSR count). The van der Waals surface area contributed by atoms with E-state index >= 15 is 0 Å². The lowest BCUT2D eigenvalue weighted by molar-refractivity contribution is -0.135. The van der Waals surface area contributed by atoms with Crippen LogP contribution in [-0.4, -0.2) is 36.3 Å². The summed E-state index contributed by atoms with van der Waals surface area (Å²) < 4.78 is 5.71. The van der Waals surface area contributed by atoms with Gasteiger partial charge >= 0.3 is 0 Å². The van der Waals surface area contributed by atoms with E-state index < -0.39 is 11.5 Å². The molecule has 2 amide bonds. The number of hydrogen-bond donors (Lipinski definition) is 2. The highest BCUT2D eigenvalue weighted by molar-refractivity contribution is 6.30. The van der Waals surface area contributed by atoms with Gasteiger partial charge in [0.1, 0.15) is 5.75 Å². The third kappa shape index (κ3) is 19.4. The molecule has 6 nitrogen and oxygen atoms in total. The maximum atomic E-state index is 12.5. The molecule has 0 atom stereocenters. The van der Waals surface area contributed by atoms with Crippen LogP contribution in [0.5, 0.6) is 5.75 Å². The molecule has 0 spiro atoms. The van der Waals surface area contributed by atoms with Gasteiger partial charge in [0.2, 0.25) is 5.91 Å². The third-order valence-electron chi connectivity index (χ3n) is 5.80. The highest BCUT2D eigenvalue weighted by Crippen LogP contribution is 2.21. The Bertz CT molecular complexity index is 1110. The normalized spacial score (nSPS) is 12.5. The molecular formula is C35H47ClN2O4. The summed E-state index contributed by atoms with van der Waals surface area (Å²) in [5, 5.41) is 5.73. The van der Waals surface area contributed by atoms with Crippen molar-refractivity contribution in [2.24, 2.45) is 0 Å². The Morgan fingerprint density at radius 3 is 1.67 bits per heavy atom. The van der Waals surface area contributed by atoms with Crippen LogP contribution in [0.3, 0.4) is 0 Å². The molecule has 2 N–H and O–H groups in total. The van der Waals surface area contributed by atoms with Gasteiger partial charge in [0.25, 0.3) is 5.91 Å². The second-order valence-electron chi connectivity index (χ2n) is 10.0. The number of halogens is 1. The topological polar surface area (TPSA) is 84.5 Å². The molecular weight excluding hydrogens is 548 g/mol. The average Bonchev–Trinajstić information content (AvgIpc) is 2.97. The van der Waals surface area contributed by atoms with Crippen molar-refractivity contribution in [3.05, 3.63) is 102 Å². The summed E-state index contributed by atoms with van der Waals surface area (Å²) in [4.78, 5) is 36.6. The highest BCUT2D eigenvalue weighted by Gasteiger charge is 2.30. The van der Waals surface area contributed by atoms with Gasteiger partial charge in [0.05, 0.1) is 13.1 Å². The molecule has 0 aromatic heterocycles. The smallest absolute Gasteiger partial charge is 0.263 e. The Balaban J connectivity index is 2.09. The quantitative estimate of drug-likeness (QED) is 0.142. The van der Waals surface area contributed by atoms with Crippen LogP contribution in [0, 0.1) is 0 Å². The Morgan fingerprint density at radius 2 is 1.17 bits per heavy atom. The van der Waals surface area contributed by atoms with Crippen molar-refractivity contribution in [1.82, 2.24) is 10.6 Å². The van der Waals surface area contributed by atoms with Gasteiger partial charge in [-0.2, -0.15) is 0 Å². The van der Waals surface area contributed by atoms with Gasteiger partial charge in [-0.1, -0.05) is 91.4 Å². The van der Waals surface area contributed by atoms with Gasteiger partial charge in [-0.3, -0.25) is 14.4 Å². The molecule has 0 aliphatic heterocycles. The maximum absolute atomic E-state index is 12.5. The largest absolute Gasteiger partial charge is 0.478 e. The molecule has 0 bridgehead atoms. The summed E-state index contributed by atoms with van der Waals surface area (Å²) in [5.74, 6) is -0.451. The van der Waals surface area contributed by atoms with E-state index in [4.69, 9.17) is 16.3 Å². The number of benzene rings is 1. The van der Waals surface area contributed by atoms with E-state index in [9.17, 15) is 14.4 Å². The van der Waals surface area contributed by atoms with E-state index in [0.717, 1.165) is 38.5 Å². The van der Waals surface area contributed by atoms with E-state index in [-0.39, 0.29) is 24.8 Å². The number of carbonyl (C=O) groups excluding carboxylic acids is 3. The minimum absolute atomic E-state index is 0.138. The van der Waals surface area contributed by atoms with Gasteiger partial charge in [-0.05, 0) is 83.1 Å². The van der Waals surface area contributed by atoms with Gasteiger partial charge in [-0.25, -0.2) is 0 Å². The molecule has 0 heterocycles. The molecule has 228 valence electrons. The summed E-state index contributed by atoms with van der Waals surface area (Å²) in [5.41, 5.74) is -1.18. The first kappa shape index (κ1) is 36.4. The van der Waals surface area contributed by atoms with E-state index in [1.54, 1.807) is 38.1 Å². The predicted octanol–water partition coefficient (Wildman–Crippen LogP) is 7.78. The maximum Gasteiger partial charge on any atom is 0.263 e. The minimum atomic E-state index is -1.18. The SMILES string of the molecule is CCC=CCC=CCC=CCC=CCC=CCC=CCCC(=O)NCC(=O)CNC(=O)C(C)(C)Oc1ccc(Cl)cc1. The number of ether oxygens (including phenoxy) is 1. The van der Waals surface area contributed by atoms with Gasteiger partial charge < -0.3 is 15.4 Å². The van der Waals surface area contributed by atoms with Gasteiger partial charge in [0.15, 0.2) is 11.4 Å². The van der Waals surface area contributed by atoms with Crippen LogP contribution in [-0.2, 0) is 14.4 Å². The highest BCUT2D eigenvalue weighted by atomic mass is 35.5. The first-order valence-electron chi connectivity index (χ1n) is 14.7. The zero-order valence-electron chi connectivity index (χ0n) is 25.3. The fourth-order valence-electron chi connectivity index (χ4n) is 3.44. The van der Waals surface area contributed by atoms with Crippen LogP contribution in [0.4, 0.5) is 0 Å². The van der Waals surface area contributed by atoms with E-state index in [1.165, 1.54) is 0 Å². The molecule has 0 radical (unpaired) electrons. The van der Waals surface area contributed by atoms with Crippen LogP contribution in [0.2, 0.25) is 5.02 Å². The molecule has 7 heteroatoms. The molecule has 0 fully saturated rings. The lowest BCUT2D eigenvalue weighted by atomic mass is 10.1. The number of nitrogens with one attached hydrogen (secondary N) is 2. The van der Waals surface area contributed by atoms with Crippen molar-refractivity contribution in [2.45, 2.75) is 77.7 Å². The number of carbonyl (C=O) groups is 3. The lowest BCUT2D eigenvalue weighted by Crippen LogP contribution is -2.48. The monoisotopic (exact) mass is 594 g/mol. The van der Waals surface area contributed by atoms with Crippen LogP contribution in [0.1, 0.15) is 72.1 Å². The lowest BCUT2D eigenvalue weighted by Gasteiger charge is -2.25. The number of Topliss-reactive ketones (excluding diaryl/α,β-unsaturated/α-hetero) is 1. The molecule has 0 unspecified atom stereocenters. The Hall–Kier alpha value is -3.64. The summed E-state index contributed by atoms with van der Waals surface area (Å²) in [6.07, 6.45) is 32.3. The fourth-order valence-corrected chi connectivity index (χ4v) is 3.56. The summed E-state index contributed by atoms with van der Waals surface area (Å²) in [6.45, 7) is 5.03. The first-order valence-corrected chi connectivity index (χ1v) is 15.0. The van der Waals surface area contributed by atoms with Crippen molar-refractivity contribution in [2.75, 3.05) is 13.1 Å². The van der Waals surface area contributed by atoms with Gasteiger partial charge in [-0.15, -0.1) is 0 Å². The molecule has 1 aromatic rings. The van der Waals surface area contributed by atoms with Crippen molar-refractivity contribution in [1.29, 1.82) is 0 Å². The fraction of sp³-hybridized carbons (Fsp3) is 0.400. The van der Waals surface area contributed by atoms with Crippen molar-refractivity contribution >= 4 is 29.2 Å². The van der Waals surface area contributed by atoms with Crippen LogP contribution in [0.25, 0.3) is 0 Å². The summed E-state index contributed by atoms with van der Waals surface area (Å²) >= 11 is 5.87. The zero-order valence-corrected chi connectivity index (χ0v) is 26.1. The van der Waals surface area contributed by atoms with Gasteiger partial charge in [0, 0.05) is 11.4 Å². The Kier molecular flexibility index (Phi) is 19.9. The molecule has 0 saturated carbocycles. The van der Waals surface area contributed by atoms with Crippen molar-refractivity contribution < 1.29 is 19.1 Å². The number of amides is 2. The number of rotatable bonds is 21. The summed E-state index contributed by atoms with van der Waals surface area (Å²) in [6, 6.07) is 6.66. The van der Waals surface area contributed by atoms with Crippen molar-refractivity contribution in [3.63, 3.8) is 0 Å². The number of allylic oxidation sites excluding steroid dienone is 12. The van der Waals surface area contributed by atoms with Crippen LogP contribution in [0.15, 0.2) is 97.2 Å². The number of hydrogen-bond acceptors (Lipinski definition) is 4. The Labute approximate surface area is 257 Å². The standard InChI is InChI=1S/C35H47ClN2O4/c1-4-5-6-7-8-9-10-11-12-13-14-15-16-17-18-19-20-21-22-23-33(40)37-28-31(39)29-38-34(41)35(2,3)42-32-26-24-30(36)25-27-32/h5-6,8-9,11-12,14-15,17-18,20-21,24-27H,4,7,10,13,16,19,22-23,28-29H2,1-3H3,(H,37,40)(H,38,41). The second-order valence-corrected chi connectivity index (χ2v) is 10.5. The number of ketones is 1. The van der Waals surface area contributed by atoms with Crippen LogP contribution >= 0.6 is 11.6 Å². The average molecular weight is 595 g/mol. The molecule has 0 aliphatic rings. The van der Waals surface area contributed by atoms with Crippen molar-refractivity contribution in [3.8, 4) is 5.75 Å². The predicted molar refractivity (Wildman–Crippen MR) is 175 cm³/mol. The third-order valence-corrected chi connectivity index (χ3v) is 6.05. The Morgan fingerprint density at radius 1 is 0.714 bits per heavy atom. The second kappa shape index (κ2) is 23.0. The van der Waals surface area contributed by atoms with E-state index in [0.29, 0.717) is 23.6 Å². The first-order chi connectivity index (χ1) is 20.2.